The van der Waals surface area contributed by atoms with Gasteiger partial charge in [0.2, 0.25) is 0 Å². The topological polar surface area (TPSA) is 47.1 Å². The Morgan fingerprint density at radius 3 is 2.57 bits per heavy atom. The summed E-state index contributed by atoms with van der Waals surface area (Å²) in [6.07, 6.45) is 11.7. The number of aromatic nitrogens is 2. The number of rotatable bonds is 7. The summed E-state index contributed by atoms with van der Waals surface area (Å²) in [5.74, 6) is 0.918. The highest BCUT2D eigenvalue weighted by Gasteiger charge is 2.37. The molecule has 0 aromatic carbocycles. The number of likely N-dealkylation sites (N-methyl/N-ethyl adjacent to an activating group) is 1. The molecule has 1 aromatic rings. The van der Waals surface area contributed by atoms with E-state index in [1.165, 1.54) is 37.7 Å². The van der Waals surface area contributed by atoms with Gasteiger partial charge in [0.25, 0.3) is 0 Å². The minimum absolute atomic E-state index is 0.239. The summed E-state index contributed by atoms with van der Waals surface area (Å²) < 4.78 is 1.89. The summed E-state index contributed by atoms with van der Waals surface area (Å²) in [5.41, 5.74) is 7.78. The number of aryl methyl sites for hydroxylation is 1. The number of nitrogens with zero attached hydrogens (tertiary/aromatic N) is 3. The average Bonchev–Trinajstić information content (AvgIpc) is 2.94. The van der Waals surface area contributed by atoms with Crippen molar-refractivity contribution in [2.75, 3.05) is 19.6 Å². The van der Waals surface area contributed by atoms with Gasteiger partial charge in [0, 0.05) is 31.9 Å². The van der Waals surface area contributed by atoms with Gasteiger partial charge in [-0.2, -0.15) is 5.10 Å². The fraction of sp³-hybridized carbons (Fsp3) is 0.824. The average molecular weight is 292 g/mol. The van der Waals surface area contributed by atoms with Crippen molar-refractivity contribution >= 4 is 0 Å². The molecule has 0 bridgehead atoms. The highest BCUT2D eigenvalue weighted by Crippen LogP contribution is 2.37. The third kappa shape index (κ3) is 3.86. The summed E-state index contributed by atoms with van der Waals surface area (Å²) in [4.78, 5) is 2.63. The highest BCUT2D eigenvalue weighted by molar-refractivity contribution is 5.05. The maximum atomic E-state index is 6.22. The van der Waals surface area contributed by atoms with Gasteiger partial charge in [0.05, 0.1) is 6.20 Å². The van der Waals surface area contributed by atoms with E-state index in [9.17, 15) is 0 Å². The third-order valence-corrected chi connectivity index (χ3v) is 5.47. The third-order valence-electron chi connectivity index (χ3n) is 5.47. The van der Waals surface area contributed by atoms with Crippen LogP contribution in [0.5, 0.6) is 0 Å². The van der Waals surface area contributed by atoms with E-state index in [4.69, 9.17) is 5.73 Å². The SMILES string of the molecule is CCC1CCC(CN)(N(CC)CCc2cnn(C)c2)CC1. The molecular weight excluding hydrogens is 260 g/mol. The molecule has 0 radical (unpaired) electrons. The van der Waals surface area contributed by atoms with E-state index in [0.717, 1.165) is 32.0 Å². The van der Waals surface area contributed by atoms with Crippen molar-refractivity contribution in [1.82, 2.24) is 14.7 Å². The molecule has 1 aliphatic carbocycles. The first-order valence-corrected chi connectivity index (χ1v) is 8.56. The van der Waals surface area contributed by atoms with Crippen LogP contribution in [0, 0.1) is 5.92 Å². The molecule has 4 heteroatoms. The zero-order valence-corrected chi connectivity index (χ0v) is 14.0. The van der Waals surface area contributed by atoms with Gasteiger partial charge in [-0.1, -0.05) is 20.3 Å². The molecule has 2 rings (SSSR count). The Morgan fingerprint density at radius 2 is 2.10 bits per heavy atom. The van der Waals surface area contributed by atoms with Crippen LogP contribution < -0.4 is 5.73 Å². The smallest absolute Gasteiger partial charge is 0.0522 e. The lowest BCUT2D eigenvalue weighted by Crippen LogP contribution is -2.56. The summed E-state index contributed by atoms with van der Waals surface area (Å²) >= 11 is 0. The van der Waals surface area contributed by atoms with Gasteiger partial charge in [-0.25, -0.2) is 0 Å². The Balaban J connectivity index is 1.97. The van der Waals surface area contributed by atoms with Gasteiger partial charge in [0.1, 0.15) is 0 Å². The zero-order valence-electron chi connectivity index (χ0n) is 14.0. The van der Waals surface area contributed by atoms with Crippen LogP contribution in [0.15, 0.2) is 12.4 Å². The van der Waals surface area contributed by atoms with Crippen LogP contribution in [0.2, 0.25) is 0 Å². The van der Waals surface area contributed by atoms with Gasteiger partial charge in [-0.3, -0.25) is 9.58 Å². The standard InChI is InChI=1S/C17H32N4/c1-4-15-6-9-17(14-18,10-7-15)21(5-2)11-8-16-12-19-20(3)13-16/h12-13,15H,4-11,14,18H2,1-3H3. The molecule has 21 heavy (non-hydrogen) atoms. The first-order chi connectivity index (χ1) is 10.1. The second-order valence-electron chi connectivity index (χ2n) is 6.63. The maximum absolute atomic E-state index is 6.22. The quantitative estimate of drug-likeness (QED) is 0.840. The molecule has 0 aliphatic heterocycles. The Morgan fingerprint density at radius 1 is 1.38 bits per heavy atom. The lowest BCUT2D eigenvalue weighted by atomic mass is 9.74. The zero-order chi connectivity index (χ0) is 15.3. The molecule has 1 aromatic heterocycles. The number of hydrogen-bond donors (Lipinski definition) is 1. The van der Waals surface area contributed by atoms with Crippen molar-refractivity contribution in [3.05, 3.63) is 18.0 Å². The fourth-order valence-electron chi connectivity index (χ4n) is 3.87. The Labute approximate surface area is 129 Å². The second-order valence-corrected chi connectivity index (χ2v) is 6.63. The summed E-state index contributed by atoms with van der Waals surface area (Å²) in [6, 6.07) is 0. The van der Waals surface area contributed by atoms with E-state index in [2.05, 4.69) is 30.0 Å². The number of hydrogen-bond acceptors (Lipinski definition) is 3. The maximum Gasteiger partial charge on any atom is 0.0522 e. The molecule has 1 heterocycles. The summed E-state index contributed by atoms with van der Waals surface area (Å²) in [7, 11) is 1.98. The van der Waals surface area contributed by atoms with Gasteiger partial charge in [-0.15, -0.1) is 0 Å². The van der Waals surface area contributed by atoms with Crippen molar-refractivity contribution in [1.29, 1.82) is 0 Å². The van der Waals surface area contributed by atoms with Crippen LogP contribution in [-0.4, -0.2) is 39.9 Å². The van der Waals surface area contributed by atoms with Crippen LogP contribution in [0.1, 0.15) is 51.5 Å². The largest absolute Gasteiger partial charge is 0.329 e. The van der Waals surface area contributed by atoms with E-state index in [-0.39, 0.29) is 5.54 Å². The molecule has 0 unspecified atom stereocenters. The van der Waals surface area contributed by atoms with Gasteiger partial charge < -0.3 is 5.73 Å². The minimum Gasteiger partial charge on any atom is -0.329 e. The molecule has 1 fully saturated rings. The highest BCUT2D eigenvalue weighted by atomic mass is 15.2. The van der Waals surface area contributed by atoms with Crippen LogP contribution in [0.3, 0.4) is 0 Å². The monoisotopic (exact) mass is 292 g/mol. The fourth-order valence-corrected chi connectivity index (χ4v) is 3.87. The van der Waals surface area contributed by atoms with Crippen molar-refractivity contribution in [3.8, 4) is 0 Å². The van der Waals surface area contributed by atoms with Gasteiger partial charge in [0.15, 0.2) is 0 Å². The molecule has 0 saturated heterocycles. The second kappa shape index (κ2) is 7.41. The predicted octanol–water partition coefficient (Wildman–Crippen LogP) is 2.58. The molecule has 0 spiro atoms. The molecule has 1 saturated carbocycles. The lowest BCUT2D eigenvalue weighted by molar-refractivity contribution is 0.0467. The lowest BCUT2D eigenvalue weighted by Gasteiger charge is -2.47. The van der Waals surface area contributed by atoms with E-state index in [1.807, 2.05) is 17.9 Å². The normalized spacial score (nSPS) is 26.4. The van der Waals surface area contributed by atoms with E-state index < -0.39 is 0 Å². The van der Waals surface area contributed by atoms with E-state index in [0.29, 0.717) is 0 Å². The van der Waals surface area contributed by atoms with E-state index >= 15 is 0 Å². The van der Waals surface area contributed by atoms with E-state index in [1.54, 1.807) is 0 Å². The molecule has 120 valence electrons. The molecule has 0 amide bonds. The van der Waals surface area contributed by atoms with Gasteiger partial charge in [-0.05, 0) is 50.1 Å². The molecule has 1 aliphatic rings. The Bertz CT molecular complexity index is 418. The van der Waals surface area contributed by atoms with Crippen LogP contribution >= 0.6 is 0 Å². The van der Waals surface area contributed by atoms with Gasteiger partial charge >= 0.3 is 0 Å². The molecular formula is C17H32N4. The molecule has 2 N–H and O–H groups in total. The minimum atomic E-state index is 0.239. The molecule has 4 nitrogen and oxygen atoms in total. The Kier molecular flexibility index (Phi) is 5.82. The van der Waals surface area contributed by atoms with Crippen molar-refractivity contribution in [2.24, 2.45) is 18.7 Å². The first-order valence-electron chi connectivity index (χ1n) is 8.56. The first kappa shape index (κ1) is 16.5. The predicted molar refractivity (Wildman–Crippen MR) is 88.2 cm³/mol. The van der Waals surface area contributed by atoms with Crippen molar-refractivity contribution in [3.63, 3.8) is 0 Å². The van der Waals surface area contributed by atoms with Crippen LogP contribution in [-0.2, 0) is 13.5 Å². The Hall–Kier alpha value is -0.870. The summed E-state index contributed by atoms with van der Waals surface area (Å²) in [6.45, 7) is 7.57. The van der Waals surface area contributed by atoms with Crippen LogP contribution in [0.4, 0.5) is 0 Å². The molecule has 0 atom stereocenters. The van der Waals surface area contributed by atoms with Crippen LogP contribution in [0.25, 0.3) is 0 Å². The van der Waals surface area contributed by atoms with Crippen molar-refractivity contribution < 1.29 is 0 Å². The summed E-state index contributed by atoms with van der Waals surface area (Å²) in [5, 5.41) is 4.26. The van der Waals surface area contributed by atoms with Crippen molar-refractivity contribution in [2.45, 2.75) is 57.9 Å². The number of nitrogens with two attached hydrogens (primary N) is 1.